The second kappa shape index (κ2) is 4.81. The Morgan fingerprint density at radius 3 is 2.56 bits per heavy atom. The van der Waals surface area contributed by atoms with Crippen LogP contribution in [0.15, 0.2) is 30.6 Å². The maximum atomic E-state index is 6.09. The lowest BCUT2D eigenvalue weighted by atomic mass is 10.1. The van der Waals surface area contributed by atoms with Crippen molar-refractivity contribution in [2.24, 2.45) is 0 Å². The van der Waals surface area contributed by atoms with Crippen LogP contribution < -0.4 is 0 Å². The molecule has 0 atom stereocenters. The molecule has 0 aliphatic rings. The van der Waals surface area contributed by atoms with Gasteiger partial charge in [0.25, 0.3) is 0 Å². The van der Waals surface area contributed by atoms with E-state index in [2.05, 4.69) is 9.97 Å². The normalized spacial score (nSPS) is 10.4. The summed E-state index contributed by atoms with van der Waals surface area (Å²) in [4.78, 5) is 8.10. The molecule has 0 spiro atoms. The van der Waals surface area contributed by atoms with Crippen LogP contribution in [-0.2, 0) is 6.42 Å². The first-order valence-electron chi connectivity index (χ1n) is 4.88. The minimum atomic E-state index is 0.493. The summed E-state index contributed by atoms with van der Waals surface area (Å²) in [5.74, 6) is 0. The molecule has 0 aliphatic heterocycles. The first-order chi connectivity index (χ1) is 7.68. The summed E-state index contributed by atoms with van der Waals surface area (Å²) in [6, 6.07) is 7.70. The molecule has 0 N–H and O–H groups in total. The second-order valence-electron chi connectivity index (χ2n) is 3.50. The van der Waals surface area contributed by atoms with Crippen molar-refractivity contribution >= 4 is 23.2 Å². The van der Waals surface area contributed by atoms with Gasteiger partial charge in [0.1, 0.15) is 11.5 Å². The molecule has 0 bridgehead atoms. The van der Waals surface area contributed by atoms with Crippen LogP contribution in [-0.4, -0.2) is 9.97 Å². The third-order valence-corrected chi connectivity index (χ3v) is 3.13. The van der Waals surface area contributed by atoms with E-state index >= 15 is 0 Å². The average molecular weight is 253 g/mol. The minimum absolute atomic E-state index is 0.493. The summed E-state index contributed by atoms with van der Waals surface area (Å²) < 4.78 is 0. The fourth-order valence-corrected chi connectivity index (χ4v) is 1.95. The Balaban J connectivity index is 2.38. The SMILES string of the molecule is Cc1ncnc(Cl)c1Cc1ccccc1Cl. The summed E-state index contributed by atoms with van der Waals surface area (Å²) in [7, 11) is 0. The lowest BCUT2D eigenvalue weighted by Gasteiger charge is -2.07. The van der Waals surface area contributed by atoms with E-state index in [-0.39, 0.29) is 0 Å². The molecule has 82 valence electrons. The molecule has 1 aromatic heterocycles. The quantitative estimate of drug-likeness (QED) is 0.763. The standard InChI is InChI=1S/C12H10Cl2N2/c1-8-10(12(14)16-7-15-8)6-9-4-2-3-5-11(9)13/h2-5,7H,6H2,1H3. The third kappa shape index (κ3) is 2.34. The number of rotatable bonds is 2. The Bertz CT molecular complexity index is 492. The zero-order valence-electron chi connectivity index (χ0n) is 8.74. The van der Waals surface area contributed by atoms with E-state index in [1.54, 1.807) is 0 Å². The van der Waals surface area contributed by atoms with Crippen molar-refractivity contribution in [2.45, 2.75) is 13.3 Å². The molecule has 0 radical (unpaired) electrons. The van der Waals surface area contributed by atoms with Crippen LogP contribution in [0, 0.1) is 6.92 Å². The van der Waals surface area contributed by atoms with Crippen molar-refractivity contribution in [3.63, 3.8) is 0 Å². The molecule has 2 aromatic rings. The highest BCUT2D eigenvalue weighted by Crippen LogP contribution is 2.23. The van der Waals surface area contributed by atoms with Crippen molar-refractivity contribution < 1.29 is 0 Å². The van der Waals surface area contributed by atoms with Crippen LogP contribution in [0.4, 0.5) is 0 Å². The lowest BCUT2D eigenvalue weighted by Crippen LogP contribution is -1.98. The number of nitrogens with zero attached hydrogens (tertiary/aromatic N) is 2. The van der Waals surface area contributed by atoms with Gasteiger partial charge in [0.2, 0.25) is 0 Å². The first kappa shape index (κ1) is 11.4. The van der Waals surface area contributed by atoms with E-state index < -0.39 is 0 Å². The van der Waals surface area contributed by atoms with Gasteiger partial charge in [0.05, 0.1) is 0 Å². The third-order valence-electron chi connectivity index (χ3n) is 2.43. The van der Waals surface area contributed by atoms with Crippen LogP contribution in [0.25, 0.3) is 0 Å². The lowest BCUT2D eigenvalue weighted by molar-refractivity contribution is 1.02. The molecule has 1 aromatic carbocycles. The molecular formula is C12H10Cl2N2. The van der Waals surface area contributed by atoms with Gasteiger partial charge in [0, 0.05) is 22.7 Å². The Morgan fingerprint density at radius 2 is 1.88 bits per heavy atom. The van der Waals surface area contributed by atoms with Gasteiger partial charge in [-0.05, 0) is 18.6 Å². The van der Waals surface area contributed by atoms with Gasteiger partial charge in [0.15, 0.2) is 0 Å². The number of halogens is 2. The highest BCUT2D eigenvalue weighted by Gasteiger charge is 2.09. The highest BCUT2D eigenvalue weighted by atomic mass is 35.5. The molecule has 1 heterocycles. The molecule has 0 unspecified atom stereocenters. The van der Waals surface area contributed by atoms with E-state index in [4.69, 9.17) is 23.2 Å². The highest BCUT2D eigenvalue weighted by molar-refractivity contribution is 6.31. The number of benzene rings is 1. The molecule has 16 heavy (non-hydrogen) atoms. The average Bonchev–Trinajstić information content (AvgIpc) is 2.26. The minimum Gasteiger partial charge on any atom is -0.241 e. The van der Waals surface area contributed by atoms with E-state index in [9.17, 15) is 0 Å². The van der Waals surface area contributed by atoms with Gasteiger partial charge in [-0.25, -0.2) is 9.97 Å². The maximum absolute atomic E-state index is 6.09. The van der Waals surface area contributed by atoms with Gasteiger partial charge in [-0.3, -0.25) is 0 Å². The number of hydrogen-bond donors (Lipinski definition) is 0. The van der Waals surface area contributed by atoms with Crippen LogP contribution in [0.2, 0.25) is 10.2 Å². The van der Waals surface area contributed by atoms with Gasteiger partial charge in [-0.2, -0.15) is 0 Å². The van der Waals surface area contributed by atoms with Gasteiger partial charge < -0.3 is 0 Å². The molecule has 2 nitrogen and oxygen atoms in total. The molecular weight excluding hydrogens is 243 g/mol. The fourth-order valence-electron chi connectivity index (χ4n) is 1.50. The zero-order chi connectivity index (χ0) is 11.5. The Morgan fingerprint density at radius 1 is 1.12 bits per heavy atom. The predicted molar refractivity (Wildman–Crippen MR) is 66.0 cm³/mol. The van der Waals surface area contributed by atoms with Gasteiger partial charge in [-0.15, -0.1) is 0 Å². The maximum Gasteiger partial charge on any atom is 0.136 e. The van der Waals surface area contributed by atoms with Crippen molar-refractivity contribution in [1.82, 2.24) is 9.97 Å². The van der Waals surface area contributed by atoms with Crippen LogP contribution >= 0.6 is 23.2 Å². The first-order valence-corrected chi connectivity index (χ1v) is 5.63. The van der Waals surface area contributed by atoms with Crippen LogP contribution in [0.3, 0.4) is 0 Å². The molecule has 0 fully saturated rings. The Hall–Kier alpha value is -1.12. The summed E-state index contributed by atoms with van der Waals surface area (Å²) >= 11 is 12.1. The number of hydrogen-bond acceptors (Lipinski definition) is 2. The summed E-state index contributed by atoms with van der Waals surface area (Å²) in [6.07, 6.45) is 2.12. The summed E-state index contributed by atoms with van der Waals surface area (Å²) in [5, 5.41) is 1.23. The predicted octanol–water partition coefficient (Wildman–Crippen LogP) is 3.68. The molecule has 0 saturated heterocycles. The monoisotopic (exact) mass is 252 g/mol. The zero-order valence-corrected chi connectivity index (χ0v) is 10.3. The van der Waals surface area contributed by atoms with Gasteiger partial charge >= 0.3 is 0 Å². The largest absolute Gasteiger partial charge is 0.241 e. The molecule has 0 aliphatic carbocycles. The van der Waals surface area contributed by atoms with E-state index in [0.717, 1.165) is 21.8 Å². The van der Waals surface area contributed by atoms with Crippen LogP contribution in [0.5, 0.6) is 0 Å². The van der Waals surface area contributed by atoms with Crippen molar-refractivity contribution in [2.75, 3.05) is 0 Å². The summed E-state index contributed by atoms with van der Waals surface area (Å²) in [6.45, 7) is 1.92. The van der Waals surface area contributed by atoms with Crippen molar-refractivity contribution in [3.8, 4) is 0 Å². The van der Waals surface area contributed by atoms with Crippen molar-refractivity contribution in [3.05, 3.63) is 57.6 Å². The molecule has 4 heteroatoms. The second-order valence-corrected chi connectivity index (χ2v) is 4.26. The smallest absolute Gasteiger partial charge is 0.136 e. The Labute approximate surface area is 104 Å². The van der Waals surface area contributed by atoms with E-state index in [1.165, 1.54) is 6.33 Å². The van der Waals surface area contributed by atoms with Crippen LogP contribution in [0.1, 0.15) is 16.8 Å². The number of aryl methyl sites for hydroxylation is 1. The number of aromatic nitrogens is 2. The topological polar surface area (TPSA) is 25.8 Å². The fraction of sp³-hybridized carbons (Fsp3) is 0.167. The molecule has 0 saturated carbocycles. The van der Waals surface area contributed by atoms with Gasteiger partial charge in [-0.1, -0.05) is 41.4 Å². The Kier molecular flexibility index (Phi) is 3.42. The van der Waals surface area contributed by atoms with E-state index in [0.29, 0.717) is 11.6 Å². The summed E-state index contributed by atoms with van der Waals surface area (Å²) in [5.41, 5.74) is 2.85. The van der Waals surface area contributed by atoms with Crippen molar-refractivity contribution in [1.29, 1.82) is 0 Å². The molecule has 2 rings (SSSR count). The van der Waals surface area contributed by atoms with E-state index in [1.807, 2.05) is 31.2 Å². The molecule has 0 amide bonds.